The lowest BCUT2D eigenvalue weighted by atomic mass is 9.79. The van der Waals surface area contributed by atoms with Crippen LogP contribution in [0.5, 0.6) is 5.75 Å². The minimum atomic E-state index is -0.893. The van der Waals surface area contributed by atoms with E-state index in [4.69, 9.17) is 9.47 Å². The van der Waals surface area contributed by atoms with Gasteiger partial charge in [0.15, 0.2) is 0 Å². The normalized spacial score (nSPS) is 17.4. The molecule has 0 aliphatic carbocycles. The minimum Gasteiger partial charge on any atom is -0.508 e. The Kier molecular flexibility index (Phi) is 7.95. The summed E-state index contributed by atoms with van der Waals surface area (Å²) >= 11 is 0. The van der Waals surface area contributed by atoms with Crippen molar-refractivity contribution in [1.29, 1.82) is 0 Å². The molecule has 2 atom stereocenters. The number of dihydropyridines is 1. The number of hydrogen-bond acceptors (Lipinski definition) is 7. The predicted molar refractivity (Wildman–Crippen MR) is 124 cm³/mol. The number of rotatable bonds is 6. The molecule has 0 spiro atoms. The summed E-state index contributed by atoms with van der Waals surface area (Å²) in [6, 6.07) is 5.47. The van der Waals surface area contributed by atoms with Gasteiger partial charge in [-0.05, 0) is 58.2 Å². The van der Waals surface area contributed by atoms with Crippen molar-refractivity contribution < 1.29 is 29.0 Å². The number of benzene rings is 1. The van der Waals surface area contributed by atoms with Crippen molar-refractivity contribution in [1.82, 2.24) is 10.6 Å². The Bertz CT molecular complexity index is 1000. The highest BCUT2D eigenvalue weighted by Crippen LogP contribution is 2.39. The third-order valence-corrected chi connectivity index (χ3v) is 5.23. The van der Waals surface area contributed by atoms with Gasteiger partial charge in [0.05, 0.1) is 18.6 Å². The summed E-state index contributed by atoms with van der Waals surface area (Å²) < 4.78 is 10.5. The van der Waals surface area contributed by atoms with Crippen LogP contribution in [-0.2, 0) is 23.9 Å². The van der Waals surface area contributed by atoms with E-state index in [9.17, 15) is 19.5 Å². The van der Waals surface area contributed by atoms with Gasteiger partial charge >= 0.3 is 11.9 Å². The van der Waals surface area contributed by atoms with E-state index in [2.05, 4.69) is 10.6 Å². The van der Waals surface area contributed by atoms with E-state index in [0.29, 0.717) is 17.0 Å². The van der Waals surface area contributed by atoms with Crippen molar-refractivity contribution in [3.63, 3.8) is 0 Å². The molecule has 0 radical (unpaired) electrons. The topological polar surface area (TPSA) is 114 Å². The molecule has 180 valence electrons. The molecule has 8 heteroatoms. The first-order valence-electron chi connectivity index (χ1n) is 10.9. The Morgan fingerprint density at radius 3 is 2.21 bits per heavy atom. The Labute approximate surface area is 195 Å². The highest BCUT2D eigenvalue weighted by molar-refractivity contribution is 6.03. The quantitative estimate of drug-likeness (QED) is 0.561. The maximum atomic E-state index is 13.6. The van der Waals surface area contributed by atoms with Gasteiger partial charge in [0.1, 0.15) is 17.4 Å². The Morgan fingerprint density at radius 1 is 1.09 bits per heavy atom. The fraction of sp³-hybridized carbons (Fsp3) is 0.480. The number of nitrogens with one attached hydrogen (secondary N) is 2. The van der Waals surface area contributed by atoms with Gasteiger partial charge < -0.3 is 25.2 Å². The predicted octanol–water partition coefficient (Wildman–Crippen LogP) is 3.28. The SMILES string of the molecule is COC(=O)C1=C(C)NC(C)=C(C(=O)NC(C(=O)OC(C)(C)C)C(C)C)C1c1cccc(O)c1. The molecule has 0 fully saturated rings. The highest BCUT2D eigenvalue weighted by Gasteiger charge is 2.39. The van der Waals surface area contributed by atoms with E-state index in [1.54, 1.807) is 46.8 Å². The van der Waals surface area contributed by atoms with E-state index >= 15 is 0 Å². The number of carbonyl (C=O) groups excluding carboxylic acids is 3. The second kappa shape index (κ2) is 10.1. The zero-order valence-electron chi connectivity index (χ0n) is 20.5. The van der Waals surface area contributed by atoms with Gasteiger partial charge in [-0.3, -0.25) is 4.79 Å². The molecule has 2 rings (SSSR count). The maximum Gasteiger partial charge on any atom is 0.336 e. The van der Waals surface area contributed by atoms with Crippen molar-refractivity contribution in [3.8, 4) is 5.75 Å². The summed E-state index contributed by atoms with van der Waals surface area (Å²) in [7, 11) is 1.27. The second-order valence-electron chi connectivity index (χ2n) is 9.45. The van der Waals surface area contributed by atoms with Crippen LogP contribution in [0.4, 0.5) is 0 Å². The molecule has 0 bridgehead atoms. The lowest BCUT2D eigenvalue weighted by Gasteiger charge is -2.32. The summed E-state index contributed by atoms with van der Waals surface area (Å²) in [5, 5.41) is 15.9. The number of esters is 2. The third-order valence-electron chi connectivity index (χ3n) is 5.23. The number of allylic oxidation sites excluding steroid dienone is 2. The molecule has 8 nitrogen and oxygen atoms in total. The highest BCUT2D eigenvalue weighted by atomic mass is 16.6. The molecule has 1 aliphatic heterocycles. The van der Waals surface area contributed by atoms with Gasteiger partial charge in [-0.25, -0.2) is 9.59 Å². The summed E-state index contributed by atoms with van der Waals surface area (Å²) in [6.45, 7) is 12.3. The van der Waals surface area contributed by atoms with Gasteiger partial charge in [-0.1, -0.05) is 26.0 Å². The number of ether oxygens (including phenoxy) is 2. The molecule has 1 heterocycles. The summed E-state index contributed by atoms with van der Waals surface area (Å²) in [6.07, 6.45) is 0. The lowest BCUT2D eigenvalue weighted by Crippen LogP contribution is -2.49. The average Bonchev–Trinajstić information content (AvgIpc) is 2.69. The third kappa shape index (κ3) is 6.15. The molecule has 2 unspecified atom stereocenters. The van der Waals surface area contributed by atoms with Crippen LogP contribution < -0.4 is 10.6 Å². The largest absolute Gasteiger partial charge is 0.508 e. The van der Waals surface area contributed by atoms with Gasteiger partial charge in [-0.2, -0.15) is 0 Å². The monoisotopic (exact) mass is 458 g/mol. The molecule has 1 amide bonds. The fourth-order valence-electron chi connectivity index (χ4n) is 3.80. The average molecular weight is 459 g/mol. The van der Waals surface area contributed by atoms with E-state index < -0.39 is 35.4 Å². The van der Waals surface area contributed by atoms with E-state index in [-0.39, 0.29) is 22.8 Å². The van der Waals surface area contributed by atoms with Crippen molar-refractivity contribution in [2.75, 3.05) is 7.11 Å². The molecule has 3 N–H and O–H groups in total. The first-order chi connectivity index (χ1) is 15.3. The molecule has 1 aromatic carbocycles. The second-order valence-corrected chi connectivity index (χ2v) is 9.45. The minimum absolute atomic E-state index is 0.000810. The first kappa shape index (κ1) is 26.0. The van der Waals surface area contributed by atoms with Gasteiger partial charge in [0, 0.05) is 17.0 Å². The van der Waals surface area contributed by atoms with Crippen molar-refractivity contribution >= 4 is 17.8 Å². The van der Waals surface area contributed by atoms with Crippen LogP contribution in [0.2, 0.25) is 0 Å². The van der Waals surface area contributed by atoms with Crippen LogP contribution in [0.1, 0.15) is 59.9 Å². The van der Waals surface area contributed by atoms with E-state index in [0.717, 1.165) is 0 Å². The van der Waals surface area contributed by atoms with Crippen LogP contribution in [0.25, 0.3) is 0 Å². The number of hydrogen-bond donors (Lipinski definition) is 3. The Balaban J connectivity index is 2.54. The van der Waals surface area contributed by atoms with Crippen LogP contribution in [-0.4, -0.2) is 41.7 Å². The zero-order valence-corrected chi connectivity index (χ0v) is 20.5. The van der Waals surface area contributed by atoms with Crippen LogP contribution in [0, 0.1) is 5.92 Å². The number of phenols is 1. The zero-order chi connectivity index (χ0) is 25.1. The molecule has 0 saturated heterocycles. The molecular weight excluding hydrogens is 424 g/mol. The standard InChI is InChI=1S/C25H34N2O6/c1-13(2)21(24(31)33-25(5,6)7)27-22(29)18-14(3)26-15(4)19(23(30)32-8)20(18)16-10-9-11-17(28)12-16/h9-13,20-21,26,28H,1-8H3,(H,27,29). The molecule has 0 saturated carbocycles. The number of carbonyl (C=O) groups is 3. The number of aromatic hydroxyl groups is 1. The van der Waals surface area contributed by atoms with Crippen molar-refractivity contribution in [2.45, 2.75) is 66.0 Å². The molecular formula is C25H34N2O6. The van der Waals surface area contributed by atoms with Gasteiger partial charge in [0.25, 0.3) is 5.91 Å². The Morgan fingerprint density at radius 2 is 1.70 bits per heavy atom. The molecule has 33 heavy (non-hydrogen) atoms. The number of phenolic OH excluding ortho intramolecular Hbond substituents is 1. The van der Waals surface area contributed by atoms with Gasteiger partial charge in [-0.15, -0.1) is 0 Å². The maximum absolute atomic E-state index is 13.6. The van der Waals surface area contributed by atoms with Gasteiger partial charge in [0.2, 0.25) is 0 Å². The molecule has 1 aromatic rings. The first-order valence-corrected chi connectivity index (χ1v) is 10.9. The van der Waals surface area contributed by atoms with Crippen LogP contribution >= 0.6 is 0 Å². The number of methoxy groups -OCH3 is 1. The Hall–Kier alpha value is -3.29. The summed E-state index contributed by atoms with van der Waals surface area (Å²) in [5.41, 5.74) is 1.39. The van der Waals surface area contributed by atoms with Crippen molar-refractivity contribution in [3.05, 3.63) is 52.4 Å². The summed E-state index contributed by atoms with van der Waals surface area (Å²) in [4.78, 5) is 39.1. The molecule has 1 aliphatic rings. The van der Waals surface area contributed by atoms with Crippen LogP contribution in [0.3, 0.4) is 0 Å². The lowest BCUT2D eigenvalue weighted by molar-refractivity contribution is -0.159. The van der Waals surface area contributed by atoms with Crippen molar-refractivity contribution in [2.24, 2.45) is 5.92 Å². The van der Waals surface area contributed by atoms with Crippen LogP contribution in [0.15, 0.2) is 46.8 Å². The fourth-order valence-corrected chi connectivity index (χ4v) is 3.80. The molecule has 0 aromatic heterocycles. The summed E-state index contributed by atoms with van der Waals surface area (Å²) in [5.74, 6) is -2.71. The smallest absolute Gasteiger partial charge is 0.336 e. The van der Waals surface area contributed by atoms with E-state index in [1.165, 1.54) is 19.2 Å². The number of amides is 1. The van der Waals surface area contributed by atoms with E-state index in [1.807, 2.05) is 13.8 Å².